The smallest absolute Gasteiger partial charge is 0.314 e. The Bertz CT molecular complexity index is 904. The standard InChI is InChI=1S/C27H43N5O6/c1-19(2)9-6-5-7-11-24(34)30-17-25(35)32-23(10-8-16-29-27(37)28-4)26(36)31-22-14-12-21(13-15-22)18-38-20(3)33/h12-15,19,23H,5-11,16-18H2,1-4H3,(H,30,34)(H,31,36)(H,32,35)(H2,28,29,37). The lowest BCUT2D eigenvalue weighted by molar-refractivity contribution is -0.142. The highest BCUT2D eigenvalue weighted by Crippen LogP contribution is 2.12. The third-order valence-corrected chi connectivity index (χ3v) is 5.63. The van der Waals surface area contributed by atoms with E-state index in [0.29, 0.717) is 31.0 Å². The lowest BCUT2D eigenvalue weighted by atomic mass is 10.0. The summed E-state index contributed by atoms with van der Waals surface area (Å²) in [5, 5.41) is 13.1. The summed E-state index contributed by atoms with van der Waals surface area (Å²) in [4.78, 5) is 59.9. The van der Waals surface area contributed by atoms with E-state index in [1.54, 1.807) is 24.3 Å². The Kier molecular flexibility index (Phi) is 15.8. The van der Waals surface area contributed by atoms with Crippen molar-refractivity contribution in [3.63, 3.8) is 0 Å². The van der Waals surface area contributed by atoms with E-state index in [2.05, 4.69) is 40.4 Å². The number of carbonyl (C=O) groups excluding carboxylic acids is 5. The molecule has 0 saturated carbocycles. The quantitative estimate of drug-likeness (QED) is 0.153. The largest absolute Gasteiger partial charge is 0.461 e. The number of ether oxygens (including phenoxy) is 1. The molecule has 0 spiro atoms. The van der Waals surface area contributed by atoms with E-state index in [4.69, 9.17) is 4.74 Å². The molecule has 0 aromatic heterocycles. The molecule has 1 atom stereocenters. The molecule has 1 unspecified atom stereocenters. The van der Waals surface area contributed by atoms with Crippen LogP contribution in [-0.2, 0) is 30.5 Å². The minimum atomic E-state index is -0.873. The molecule has 1 aromatic rings. The number of hydrogen-bond acceptors (Lipinski definition) is 6. The van der Waals surface area contributed by atoms with Crippen molar-refractivity contribution in [3.05, 3.63) is 29.8 Å². The number of urea groups is 1. The van der Waals surface area contributed by atoms with Gasteiger partial charge in [0.05, 0.1) is 6.54 Å². The predicted octanol–water partition coefficient (Wildman–Crippen LogP) is 2.60. The number of rotatable bonds is 17. The highest BCUT2D eigenvalue weighted by atomic mass is 16.5. The van der Waals surface area contributed by atoms with Crippen LogP contribution < -0.4 is 26.6 Å². The van der Waals surface area contributed by atoms with Gasteiger partial charge in [-0.05, 0) is 42.9 Å². The summed E-state index contributed by atoms with van der Waals surface area (Å²) >= 11 is 0. The molecule has 0 aliphatic rings. The van der Waals surface area contributed by atoms with Gasteiger partial charge in [-0.1, -0.05) is 45.2 Å². The first-order chi connectivity index (χ1) is 18.1. The van der Waals surface area contributed by atoms with Gasteiger partial charge in [0.2, 0.25) is 17.7 Å². The monoisotopic (exact) mass is 533 g/mol. The average Bonchev–Trinajstić information content (AvgIpc) is 2.88. The molecular weight excluding hydrogens is 490 g/mol. The van der Waals surface area contributed by atoms with Crippen molar-refractivity contribution in [1.29, 1.82) is 0 Å². The molecule has 212 valence electrons. The van der Waals surface area contributed by atoms with E-state index in [-0.39, 0.29) is 37.5 Å². The summed E-state index contributed by atoms with van der Waals surface area (Å²) in [5.74, 6) is -0.847. The maximum absolute atomic E-state index is 12.9. The molecule has 38 heavy (non-hydrogen) atoms. The van der Waals surface area contributed by atoms with Gasteiger partial charge in [-0.2, -0.15) is 0 Å². The molecule has 0 fully saturated rings. The van der Waals surface area contributed by atoms with Crippen LogP contribution in [0.25, 0.3) is 0 Å². The lowest BCUT2D eigenvalue weighted by Crippen LogP contribution is -2.47. The number of nitrogens with one attached hydrogen (secondary N) is 5. The zero-order valence-electron chi connectivity index (χ0n) is 23.0. The van der Waals surface area contributed by atoms with Crippen molar-refractivity contribution in [1.82, 2.24) is 21.3 Å². The van der Waals surface area contributed by atoms with Crippen LogP contribution in [0.1, 0.15) is 71.3 Å². The second kappa shape index (κ2) is 18.6. The van der Waals surface area contributed by atoms with E-state index in [1.807, 2.05) is 0 Å². The van der Waals surface area contributed by atoms with Crippen LogP contribution in [0, 0.1) is 5.92 Å². The van der Waals surface area contributed by atoms with Gasteiger partial charge in [-0.15, -0.1) is 0 Å². The van der Waals surface area contributed by atoms with Crippen molar-refractivity contribution in [2.45, 2.75) is 78.4 Å². The fourth-order valence-corrected chi connectivity index (χ4v) is 3.49. The number of esters is 1. The summed E-state index contributed by atoms with van der Waals surface area (Å²) in [6, 6.07) is 5.57. The van der Waals surface area contributed by atoms with E-state index >= 15 is 0 Å². The first kappa shape index (κ1) is 32.4. The number of unbranched alkanes of at least 4 members (excludes halogenated alkanes) is 2. The van der Waals surface area contributed by atoms with Gasteiger partial charge in [-0.3, -0.25) is 19.2 Å². The van der Waals surface area contributed by atoms with Gasteiger partial charge < -0.3 is 31.3 Å². The normalized spacial score (nSPS) is 11.3. The first-order valence-corrected chi connectivity index (χ1v) is 13.2. The molecule has 0 saturated heterocycles. The van der Waals surface area contributed by atoms with E-state index in [1.165, 1.54) is 14.0 Å². The van der Waals surface area contributed by atoms with Crippen molar-refractivity contribution >= 4 is 35.4 Å². The molecule has 0 radical (unpaired) electrons. The Morgan fingerprint density at radius 1 is 0.868 bits per heavy atom. The zero-order chi connectivity index (χ0) is 28.3. The Morgan fingerprint density at radius 2 is 1.58 bits per heavy atom. The molecule has 0 heterocycles. The van der Waals surface area contributed by atoms with Gasteiger partial charge in [0.25, 0.3) is 0 Å². The summed E-state index contributed by atoms with van der Waals surface area (Å²) in [6.45, 7) is 5.88. The molecule has 0 bridgehead atoms. The van der Waals surface area contributed by atoms with E-state index in [0.717, 1.165) is 31.2 Å². The van der Waals surface area contributed by atoms with Crippen molar-refractivity contribution in [2.75, 3.05) is 25.5 Å². The maximum atomic E-state index is 12.9. The minimum Gasteiger partial charge on any atom is -0.461 e. The number of benzene rings is 1. The maximum Gasteiger partial charge on any atom is 0.314 e. The number of amides is 5. The van der Waals surface area contributed by atoms with Crippen molar-refractivity contribution in [3.8, 4) is 0 Å². The number of anilines is 1. The van der Waals surface area contributed by atoms with E-state index in [9.17, 15) is 24.0 Å². The SMILES string of the molecule is CNC(=O)NCCCC(NC(=O)CNC(=O)CCCCCC(C)C)C(=O)Nc1ccc(COC(C)=O)cc1. The van der Waals surface area contributed by atoms with E-state index < -0.39 is 17.9 Å². The van der Waals surface area contributed by atoms with Gasteiger partial charge in [0, 0.05) is 32.6 Å². The van der Waals surface area contributed by atoms with Crippen molar-refractivity contribution < 1.29 is 28.7 Å². The van der Waals surface area contributed by atoms with Gasteiger partial charge in [0.15, 0.2) is 0 Å². The summed E-state index contributed by atoms with van der Waals surface area (Å²) in [7, 11) is 1.50. The van der Waals surface area contributed by atoms with Crippen LogP contribution in [0.2, 0.25) is 0 Å². The fraction of sp³-hybridized carbons (Fsp3) is 0.593. The molecule has 11 nitrogen and oxygen atoms in total. The third kappa shape index (κ3) is 15.5. The molecule has 1 rings (SSSR count). The van der Waals surface area contributed by atoms with Crippen LogP contribution in [-0.4, -0.2) is 55.9 Å². The van der Waals surface area contributed by atoms with Crippen LogP contribution >= 0.6 is 0 Å². The first-order valence-electron chi connectivity index (χ1n) is 13.2. The molecule has 0 aliphatic heterocycles. The third-order valence-electron chi connectivity index (χ3n) is 5.63. The Labute approximate surface area is 225 Å². The van der Waals surface area contributed by atoms with Crippen molar-refractivity contribution in [2.24, 2.45) is 5.92 Å². The average molecular weight is 534 g/mol. The zero-order valence-corrected chi connectivity index (χ0v) is 23.0. The van der Waals surface area contributed by atoms with Crippen LogP contribution in [0.15, 0.2) is 24.3 Å². The molecule has 11 heteroatoms. The van der Waals surface area contributed by atoms with Gasteiger partial charge in [-0.25, -0.2) is 4.79 Å². The molecule has 5 N–H and O–H groups in total. The minimum absolute atomic E-state index is 0.129. The second-order valence-corrected chi connectivity index (χ2v) is 9.50. The lowest BCUT2D eigenvalue weighted by Gasteiger charge is -2.19. The number of hydrogen-bond donors (Lipinski definition) is 5. The van der Waals surface area contributed by atoms with Gasteiger partial charge >= 0.3 is 12.0 Å². The number of carbonyl (C=O) groups is 5. The second-order valence-electron chi connectivity index (χ2n) is 9.50. The molecule has 1 aromatic carbocycles. The molecule has 5 amide bonds. The summed E-state index contributed by atoms with van der Waals surface area (Å²) in [6.07, 6.45) is 5.01. The summed E-state index contributed by atoms with van der Waals surface area (Å²) < 4.78 is 4.95. The fourth-order valence-electron chi connectivity index (χ4n) is 3.49. The summed E-state index contributed by atoms with van der Waals surface area (Å²) in [5.41, 5.74) is 1.27. The van der Waals surface area contributed by atoms with Gasteiger partial charge in [0.1, 0.15) is 12.6 Å². The van der Waals surface area contributed by atoms with Crippen LogP contribution in [0.4, 0.5) is 10.5 Å². The highest BCUT2D eigenvalue weighted by Gasteiger charge is 2.21. The highest BCUT2D eigenvalue weighted by molar-refractivity contribution is 5.97. The van der Waals surface area contributed by atoms with Crippen LogP contribution in [0.3, 0.4) is 0 Å². The Balaban J connectivity index is 2.60. The topological polar surface area (TPSA) is 155 Å². The molecular formula is C27H43N5O6. The Hall–Kier alpha value is -3.63. The predicted molar refractivity (Wildman–Crippen MR) is 145 cm³/mol. The molecule has 0 aliphatic carbocycles. The van der Waals surface area contributed by atoms with Crippen LogP contribution in [0.5, 0.6) is 0 Å². The Morgan fingerprint density at radius 3 is 2.21 bits per heavy atom.